The highest BCUT2D eigenvalue weighted by Crippen LogP contribution is 2.21. The number of rotatable bonds is 4. The Morgan fingerprint density at radius 1 is 0.957 bits per heavy atom. The summed E-state index contributed by atoms with van der Waals surface area (Å²) >= 11 is 1.44. The van der Waals surface area contributed by atoms with Crippen LogP contribution in [0.3, 0.4) is 0 Å². The van der Waals surface area contributed by atoms with Crippen molar-refractivity contribution >= 4 is 23.2 Å². The summed E-state index contributed by atoms with van der Waals surface area (Å²) in [6.45, 7) is 0. The van der Waals surface area contributed by atoms with Crippen molar-refractivity contribution in [3.05, 3.63) is 88.1 Å². The lowest BCUT2D eigenvalue weighted by Gasteiger charge is -2.02. The van der Waals surface area contributed by atoms with Gasteiger partial charge in [-0.2, -0.15) is 16.6 Å². The van der Waals surface area contributed by atoms with Crippen molar-refractivity contribution in [2.45, 2.75) is 0 Å². The Hall–Kier alpha value is -2.96. The molecule has 0 bridgehead atoms. The van der Waals surface area contributed by atoms with Crippen LogP contribution in [0.25, 0.3) is 17.2 Å². The zero-order valence-corrected chi connectivity index (χ0v) is 13.1. The summed E-state index contributed by atoms with van der Waals surface area (Å²) in [5.74, 6) is -0.235. The van der Waals surface area contributed by atoms with Crippen LogP contribution < -0.4 is 0 Å². The van der Waals surface area contributed by atoms with Crippen LogP contribution in [0.15, 0.2) is 77.0 Å². The molecule has 0 unspecified atom stereocenters. The van der Waals surface area contributed by atoms with Gasteiger partial charge >= 0.3 is 0 Å². The summed E-state index contributed by atoms with van der Waals surface area (Å²) in [6, 6.07) is 21.6. The van der Waals surface area contributed by atoms with Crippen molar-refractivity contribution in [2.24, 2.45) is 0 Å². The monoisotopic (exact) mass is 315 g/mol. The summed E-state index contributed by atoms with van der Waals surface area (Å²) in [7, 11) is 0. The van der Waals surface area contributed by atoms with Gasteiger partial charge in [0.25, 0.3) is 0 Å². The van der Waals surface area contributed by atoms with Gasteiger partial charge in [-0.05, 0) is 34.2 Å². The molecule has 2 aromatic carbocycles. The number of carbonyl (C=O) groups excluding carboxylic acids is 1. The highest BCUT2D eigenvalue weighted by Gasteiger charge is 2.12. The predicted octanol–water partition coefficient (Wildman–Crippen LogP) is 5.20. The van der Waals surface area contributed by atoms with Crippen molar-refractivity contribution in [3.8, 4) is 17.2 Å². The lowest BCUT2D eigenvalue weighted by molar-refractivity contribution is 0.104. The Labute approximate surface area is 139 Å². The second-order valence-corrected chi connectivity index (χ2v) is 5.78. The third kappa shape index (κ3) is 3.45. The van der Waals surface area contributed by atoms with Crippen molar-refractivity contribution in [3.63, 3.8) is 0 Å². The van der Waals surface area contributed by atoms with Gasteiger partial charge in [0.05, 0.1) is 0 Å². The van der Waals surface area contributed by atoms with Gasteiger partial charge < -0.3 is 0 Å². The van der Waals surface area contributed by atoms with E-state index in [1.807, 2.05) is 66.0 Å². The minimum absolute atomic E-state index is 0.149. The molecular formula is C20H13NOS. The second kappa shape index (κ2) is 6.87. The molecule has 0 aliphatic heterocycles. The summed E-state index contributed by atoms with van der Waals surface area (Å²) in [5, 5.41) is 12.8. The molecule has 2 nitrogen and oxygen atoms in total. The van der Waals surface area contributed by atoms with Gasteiger partial charge in [-0.15, -0.1) is 0 Å². The van der Waals surface area contributed by atoms with E-state index in [1.54, 1.807) is 17.5 Å². The first-order chi connectivity index (χ1) is 11.3. The van der Waals surface area contributed by atoms with Gasteiger partial charge in [0.1, 0.15) is 11.6 Å². The van der Waals surface area contributed by atoms with E-state index in [2.05, 4.69) is 0 Å². The molecule has 1 heterocycles. The van der Waals surface area contributed by atoms with Gasteiger partial charge in [-0.1, -0.05) is 54.6 Å². The Morgan fingerprint density at radius 2 is 1.65 bits per heavy atom. The molecule has 0 N–H and O–H groups in total. The lowest BCUT2D eigenvalue weighted by Crippen LogP contribution is -1.99. The first-order valence-electron chi connectivity index (χ1n) is 7.12. The number of allylic oxidation sites excluding steroid dienone is 1. The number of thiophene rings is 1. The minimum Gasteiger partial charge on any atom is -0.288 e. The van der Waals surface area contributed by atoms with E-state index >= 15 is 0 Å². The maximum atomic E-state index is 12.2. The molecule has 0 aliphatic carbocycles. The maximum Gasteiger partial charge on any atom is 0.204 e. The molecule has 0 spiro atoms. The van der Waals surface area contributed by atoms with Crippen molar-refractivity contribution in [1.82, 2.24) is 0 Å². The number of nitrogens with zero attached hydrogens (tertiary/aromatic N) is 1. The number of hydrogen-bond donors (Lipinski definition) is 0. The molecule has 0 atom stereocenters. The number of ketones is 1. The summed E-state index contributed by atoms with van der Waals surface area (Å²) in [6.07, 6.45) is 1.63. The average molecular weight is 315 g/mol. The van der Waals surface area contributed by atoms with Crippen LogP contribution in [0.4, 0.5) is 0 Å². The molecule has 3 rings (SSSR count). The van der Waals surface area contributed by atoms with Crippen LogP contribution in [-0.4, -0.2) is 5.78 Å². The second-order valence-electron chi connectivity index (χ2n) is 5.00. The topological polar surface area (TPSA) is 40.9 Å². The fourth-order valence-electron chi connectivity index (χ4n) is 2.27. The van der Waals surface area contributed by atoms with Gasteiger partial charge in [-0.3, -0.25) is 4.79 Å². The van der Waals surface area contributed by atoms with Gasteiger partial charge in [-0.25, -0.2) is 0 Å². The standard InChI is InChI=1S/C20H13NOS/c21-13-19(20(22)18-10-11-23-14-18)12-15-6-8-17(9-7-15)16-4-2-1-3-5-16/h1-12,14H. The Kier molecular flexibility index (Phi) is 4.46. The minimum atomic E-state index is -0.235. The lowest BCUT2D eigenvalue weighted by atomic mass is 10.0. The van der Waals surface area contributed by atoms with Crippen LogP contribution in [-0.2, 0) is 0 Å². The van der Waals surface area contributed by atoms with E-state index in [0.29, 0.717) is 5.56 Å². The molecule has 0 radical (unpaired) electrons. The number of Topliss-reactive ketones (excluding diaryl/α,β-unsaturated/α-hetero) is 1. The van der Waals surface area contributed by atoms with E-state index in [1.165, 1.54) is 11.3 Å². The van der Waals surface area contributed by atoms with Crippen LogP contribution in [0.1, 0.15) is 15.9 Å². The van der Waals surface area contributed by atoms with E-state index in [-0.39, 0.29) is 11.4 Å². The van der Waals surface area contributed by atoms with E-state index in [0.717, 1.165) is 16.7 Å². The Morgan fingerprint density at radius 3 is 2.26 bits per heavy atom. The SMILES string of the molecule is N#CC(=Cc1ccc(-c2ccccc2)cc1)C(=O)c1ccsc1. The highest BCUT2D eigenvalue weighted by atomic mass is 32.1. The zero-order valence-electron chi connectivity index (χ0n) is 12.3. The molecule has 0 saturated carbocycles. The zero-order chi connectivity index (χ0) is 16.1. The Bertz CT molecular complexity index is 870. The molecular weight excluding hydrogens is 302 g/mol. The fraction of sp³-hybridized carbons (Fsp3) is 0. The summed E-state index contributed by atoms with van der Waals surface area (Å²) in [5.41, 5.74) is 3.78. The third-order valence-electron chi connectivity index (χ3n) is 3.48. The number of hydrogen-bond acceptors (Lipinski definition) is 3. The fourth-order valence-corrected chi connectivity index (χ4v) is 2.90. The molecule has 0 aliphatic rings. The first-order valence-corrected chi connectivity index (χ1v) is 8.06. The smallest absolute Gasteiger partial charge is 0.204 e. The number of carbonyl (C=O) groups is 1. The largest absolute Gasteiger partial charge is 0.288 e. The van der Waals surface area contributed by atoms with Crippen molar-refractivity contribution in [2.75, 3.05) is 0 Å². The summed E-state index contributed by atoms with van der Waals surface area (Å²) in [4.78, 5) is 12.2. The number of benzene rings is 2. The summed E-state index contributed by atoms with van der Waals surface area (Å²) < 4.78 is 0. The highest BCUT2D eigenvalue weighted by molar-refractivity contribution is 7.08. The van der Waals surface area contributed by atoms with Crippen LogP contribution in [0.5, 0.6) is 0 Å². The third-order valence-corrected chi connectivity index (χ3v) is 4.16. The van der Waals surface area contributed by atoms with E-state index in [4.69, 9.17) is 0 Å². The van der Waals surface area contributed by atoms with E-state index < -0.39 is 0 Å². The van der Waals surface area contributed by atoms with Gasteiger partial charge in [0, 0.05) is 10.9 Å². The van der Waals surface area contributed by atoms with Crippen LogP contribution >= 0.6 is 11.3 Å². The van der Waals surface area contributed by atoms with E-state index in [9.17, 15) is 10.1 Å². The van der Waals surface area contributed by atoms with Crippen LogP contribution in [0.2, 0.25) is 0 Å². The van der Waals surface area contributed by atoms with Gasteiger partial charge in [0.15, 0.2) is 0 Å². The normalized spacial score (nSPS) is 11.0. The Balaban J connectivity index is 1.87. The molecule has 0 saturated heterocycles. The molecule has 110 valence electrons. The van der Waals surface area contributed by atoms with Gasteiger partial charge in [0.2, 0.25) is 5.78 Å². The van der Waals surface area contributed by atoms with Crippen molar-refractivity contribution in [1.29, 1.82) is 5.26 Å². The first kappa shape index (κ1) is 15.0. The molecule has 23 heavy (non-hydrogen) atoms. The maximum absolute atomic E-state index is 12.2. The number of nitriles is 1. The molecule has 0 amide bonds. The van der Waals surface area contributed by atoms with Crippen LogP contribution in [0, 0.1) is 11.3 Å². The quantitative estimate of drug-likeness (QED) is 0.377. The molecule has 0 fully saturated rings. The molecule has 1 aromatic heterocycles. The molecule has 3 heteroatoms. The predicted molar refractivity (Wildman–Crippen MR) is 94.1 cm³/mol. The molecule has 3 aromatic rings. The average Bonchev–Trinajstić information content (AvgIpc) is 3.15. The van der Waals surface area contributed by atoms with Crippen molar-refractivity contribution < 1.29 is 4.79 Å².